The second kappa shape index (κ2) is 6.76. The first-order valence-corrected chi connectivity index (χ1v) is 6.18. The molecule has 0 saturated heterocycles. The second-order valence-electron chi connectivity index (χ2n) is 3.69. The van der Waals surface area contributed by atoms with Crippen molar-refractivity contribution in [2.45, 2.75) is 13.3 Å². The lowest BCUT2D eigenvalue weighted by Crippen LogP contribution is -2.16. The van der Waals surface area contributed by atoms with Crippen LogP contribution in [-0.2, 0) is 0 Å². The summed E-state index contributed by atoms with van der Waals surface area (Å²) in [6, 6.07) is 5.85. The smallest absolute Gasteiger partial charge is 0.133 e. The second-order valence-corrected chi connectivity index (χ2v) is 4.54. The lowest BCUT2D eigenvalue weighted by atomic mass is 10.1. The van der Waals surface area contributed by atoms with E-state index in [1.807, 2.05) is 18.2 Å². The maximum absolute atomic E-state index is 9.07. The first-order chi connectivity index (χ1) is 7.71. The monoisotopic (exact) mass is 287 g/mol. The van der Waals surface area contributed by atoms with E-state index < -0.39 is 0 Å². The molecule has 0 aliphatic heterocycles. The van der Waals surface area contributed by atoms with Crippen molar-refractivity contribution in [3.05, 3.63) is 22.7 Å². The number of rotatable bonds is 6. The van der Waals surface area contributed by atoms with Crippen LogP contribution in [0.3, 0.4) is 0 Å². The number of anilines is 1. The Kier molecular flexibility index (Phi) is 5.63. The van der Waals surface area contributed by atoms with Gasteiger partial charge in [0.25, 0.3) is 0 Å². The molecule has 0 spiro atoms. The third kappa shape index (κ3) is 3.68. The fraction of sp³-hybridized carbons (Fsp3) is 0.500. The standard InChI is InChI=1S/C12H18BrNO2/c1-3-9(8-15)7-14-10-4-5-12(16-2)11(13)6-10/h4-6,9,14-15H,3,7-8H2,1-2H3. The SMILES string of the molecule is CCC(CO)CNc1ccc(OC)c(Br)c1. The van der Waals surface area contributed by atoms with Crippen molar-refractivity contribution in [1.29, 1.82) is 0 Å². The normalized spacial score (nSPS) is 12.2. The molecule has 1 unspecified atom stereocenters. The molecule has 0 aromatic heterocycles. The van der Waals surface area contributed by atoms with Crippen molar-refractivity contribution in [3.63, 3.8) is 0 Å². The minimum Gasteiger partial charge on any atom is -0.496 e. The molecule has 0 aliphatic rings. The Morgan fingerprint density at radius 2 is 2.25 bits per heavy atom. The fourth-order valence-electron chi connectivity index (χ4n) is 1.38. The Morgan fingerprint density at radius 3 is 2.75 bits per heavy atom. The Labute approximate surface area is 105 Å². The van der Waals surface area contributed by atoms with Gasteiger partial charge in [-0.2, -0.15) is 0 Å². The molecule has 4 heteroatoms. The van der Waals surface area contributed by atoms with Crippen molar-refractivity contribution in [2.24, 2.45) is 5.92 Å². The topological polar surface area (TPSA) is 41.5 Å². The predicted octanol–water partition coefficient (Wildman–Crippen LogP) is 2.89. The molecule has 0 radical (unpaired) electrons. The average Bonchev–Trinajstić information content (AvgIpc) is 2.30. The molecule has 1 rings (SSSR count). The Morgan fingerprint density at radius 1 is 1.50 bits per heavy atom. The highest BCUT2D eigenvalue weighted by Crippen LogP contribution is 2.27. The first kappa shape index (κ1) is 13.3. The number of hydrogen-bond acceptors (Lipinski definition) is 3. The summed E-state index contributed by atoms with van der Waals surface area (Å²) in [7, 11) is 1.64. The number of aliphatic hydroxyl groups is 1. The maximum atomic E-state index is 9.07. The van der Waals surface area contributed by atoms with Crippen LogP contribution in [0.2, 0.25) is 0 Å². The van der Waals surface area contributed by atoms with Crippen LogP contribution in [-0.4, -0.2) is 25.4 Å². The molecule has 16 heavy (non-hydrogen) atoms. The third-order valence-electron chi connectivity index (χ3n) is 2.58. The quantitative estimate of drug-likeness (QED) is 0.845. The first-order valence-electron chi connectivity index (χ1n) is 5.39. The molecule has 0 bridgehead atoms. The molecule has 3 nitrogen and oxygen atoms in total. The van der Waals surface area contributed by atoms with E-state index >= 15 is 0 Å². The van der Waals surface area contributed by atoms with Gasteiger partial charge in [-0.25, -0.2) is 0 Å². The highest BCUT2D eigenvalue weighted by Gasteiger charge is 2.05. The van der Waals surface area contributed by atoms with E-state index in [2.05, 4.69) is 28.2 Å². The zero-order valence-electron chi connectivity index (χ0n) is 9.66. The number of methoxy groups -OCH3 is 1. The van der Waals surface area contributed by atoms with E-state index in [0.29, 0.717) is 5.92 Å². The molecular weight excluding hydrogens is 270 g/mol. The molecule has 0 saturated carbocycles. The van der Waals surface area contributed by atoms with Crippen LogP contribution in [0.5, 0.6) is 5.75 Å². The summed E-state index contributed by atoms with van der Waals surface area (Å²) in [5.41, 5.74) is 1.03. The van der Waals surface area contributed by atoms with Gasteiger partial charge in [0.2, 0.25) is 0 Å². The average molecular weight is 288 g/mol. The Balaban J connectivity index is 2.58. The Bertz CT molecular complexity index is 327. The molecule has 1 atom stereocenters. The summed E-state index contributed by atoms with van der Waals surface area (Å²) in [4.78, 5) is 0. The van der Waals surface area contributed by atoms with Gasteiger partial charge >= 0.3 is 0 Å². The number of benzene rings is 1. The summed E-state index contributed by atoms with van der Waals surface area (Å²) >= 11 is 3.43. The van der Waals surface area contributed by atoms with Gasteiger partial charge in [-0.1, -0.05) is 6.92 Å². The lowest BCUT2D eigenvalue weighted by Gasteiger charge is -2.14. The molecule has 2 N–H and O–H groups in total. The van der Waals surface area contributed by atoms with Crippen molar-refractivity contribution < 1.29 is 9.84 Å². The maximum Gasteiger partial charge on any atom is 0.133 e. The van der Waals surface area contributed by atoms with Gasteiger partial charge in [-0.15, -0.1) is 0 Å². The number of nitrogens with one attached hydrogen (secondary N) is 1. The summed E-state index contributed by atoms with van der Waals surface area (Å²) in [5, 5.41) is 12.4. The van der Waals surface area contributed by atoms with Crippen molar-refractivity contribution in [2.75, 3.05) is 25.6 Å². The van der Waals surface area contributed by atoms with E-state index in [9.17, 15) is 0 Å². The van der Waals surface area contributed by atoms with Crippen molar-refractivity contribution in [1.82, 2.24) is 0 Å². The van der Waals surface area contributed by atoms with Gasteiger partial charge in [0.1, 0.15) is 5.75 Å². The van der Waals surface area contributed by atoms with Crippen LogP contribution in [0.4, 0.5) is 5.69 Å². The van der Waals surface area contributed by atoms with E-state index in [1.165, 1.54) is 0 Å². The minimum atomic E-state index is 0.223. The van der Waals surface area contributed by atoms with Crippen LogP contribution in [0.25, 0.3) is 0 Å². The largest absolute Gasteiger partial charge is 0.496 e. The van der Waals surface area contributed by atoms with Gasteiger partial charge in [-0.3, -0.25) is 0 Å². The van der Waals surface area contributed by atoms with Crippen LogP contribution in [0.15, 0.2) is 22.7 Å². The lowest BCUT2D eigenvalue weighted by molar-refractivity contribution is 0.230. The number of aliphatic hydroxyl groups excluding tert-OH is 1. The molecule has 0 heterocycles. The summed E-state index contributed by atoms with van der Waals surface area (Å²) in [5.74, 6) is 1.13. The molecule has 1 aromatic carbocycles. The molecule has 90 valence electrons. The highest BCUT2D eigenvalue weighted by molar-refractivity contribution is 9.10. The van der Waals surface area contributed by atoms with E-state index in [0.717, 1.165) is 28.9 Å². The number of ether oxygens (including phenoxy) is 1. The molecule has 0 fully saturated rings. The van der Waals surface area contributed by atoms with Gasteiger partial charge in [0.05, 0.1) is 11.6 Å². The zero-order chi connectivity index (χ0) is 12.0. The van der Waals surface area contributed by atoms with Crippen molar-refractivity contribution >= 4 is 21.6 Å². The summed E-state index contributed by atoms with van der Waals surface area (Å²) < 4.78 is 6.08. The van der Waals surface area contributed by atoms with Crippen molar-refractivity contribution in [3.8, 4) is 5.75 Å². The van der Waals surface area contributed by atoms with Crippen LogP contribution < -0.4 is 10.1 Å². The van der Waals surface area contributed by atoms with Crippen LogP contribution in [0.1, 0.15) is 13.3 Å². The highest BCUT2D eigenvalue weighted by atomic mass is 79.9. The van der Waals surface area contributed by atoms with E-state index in [1.54, 1.807) is 7.11 Å². The summed E-state index contributed by atoms with van der Waals surface area (Å²) in [6.45, 7) is 3.08. The van der Waals surface area contributed by atoms with Crippen LogP contribution in [0, 0.1) is 5.92 Å². The molecule has 0 aliphatic carbocycles. The predicted molar refractivity (Wildman–Crippen MR) is 70.1 cm³/mol. The molecule has 0 amide bonds. The van der Waals surface area contributed by atoms with E-state index in [-0.39, 0.29) is 6.61 Å². The molecule has 1 aromatic rings. The summed E-state index contributed by atoms with van der Waals surface area (Å²) in [6.07, 6.45) is 0.973. The van der Waals surface area contributed by atoms with Gasteiger partial charge in [0, 0.05) is 18.8 Å². The Hall–Kier alpha value is -0.740. The third-order valence-corrected chi connectivity index (χ3v) is 3.20. The molecular formula is C12H18BrNO2. The minimum absolute atomic E-state index is 0.223. The number of hydrogen-bond donors (Lipinski definition) is 2. The number of halogens is 1. The van der Waals surface area contributed by atoms with Gasteiger partial charge in [0.15, 0.2) is 0 Å². The zero-order valence-corrected chi connectivity index (χ0v) is 11.3. The van der Waals surface area contributed by atoms with Gasteiger partial charge < -0.3 is 15.2 Å². The van der Waals surface area contributed by atoms with Gasteiger partial charge in [-0.05, 0) is 46.5 Å². The van der Waals surface area contributed by atoms with E-state index in [4.69, 9.17) is 9.84 Å². The fourth-order valence-corrected chi connectivity index (χ4v) is 1.92. The van der Waals surface area contributed by atoms with Crippen LogP contribution >= 0.6 is 15.9 Å².